The number of nitrogens with zero attached hydrogens (tertiary/aromatic N) is 2. The van der Waals surface area contributed by atoms with E-state index >= 15 is 0 Å². The zero-order chi connectivity index (χ0) is 19.3. The van der Waals surface area contributed by atoms with Gasteiger partial charge in [0.1, 0.15) is 11.6 Å². The van der Waals surface area contributed by atoms with Gasteiger partial charge >= 0.3 is 0 Å². The SMILES string of the molecule is O=C(Cc1ccc(F)cc1)Nc1ccc(Nc2cccc3cccnc23)cn1. The van der Waals surface area contributed by atoms with Crippen LogP contribution in [-0.2, 0) is 11.2 Å². The van der Waals surface area contributed by atoms with Crippen molar-refractivity contribution < 1.29 is 9.18 Å². The van der Waals surface area contributed by atoms with Crippen LogP contribution in [0.4, 0.5) is 21.6 Å². The topological polar surface area (TPSA) is 66.9 Å². The van der Waals surface area contributed by atoms with Crippen LogP contribution in [0.25, 0.3) is 10.9 Å². The number of hydrogen-bond acceptors (Lipinski definition) is 4. The first-order valence-electron chi connectivity index (χ1n) is 8.78. The fraction of sp³-hybridized carbons (Fsp3) is 0.0455. The number of carbonyl (C=O) groups excluding carboxylic acids is 1. The van der Waals surface area contributed by atoms with Crippen molar-refractivity contribution in [3.63, 3.8) is 0 Å². The van der Waals surface area contributed by atoms with Crippen molar-refractivity contribution in [3.8, 4) is 0 Å². The molecule has 0 aliphatic heterocycles. The van der Waals surface area contributed by atoms with E-state index in [2.05, 4.69) is 20.6 Å². The Morgan fingerprint density at radius 1 is 0.929 bits per heavy atom. The Hall–Kier alpha value is -3.80. The third-order valence-corrected chi connectivity index (χ3v) is 4.22. The second kappa shape index (κ2) is 7.84. The number of anilines is 3. The number of amides is 1. The molecule has 0 aliphatic carbocycles. The van der Waals surface area contributed by atoms with Gasteiger partial charge in [-0.05, 0) is 42.0 Å². The van der Waals surface area contributed by atoms with E-state index in [9.17, 15) is 9.18 Å². The molecule has 0 spiro atoms. The molecule has 0 unspecified atom stereocenters. The van der Waals surface area contributed by atoms with Crippen molar-refractivity contribution in [2.45, 2.75) is 6.42 Å². The third-order valence-electron chi connectivity index (χ3n) is 4.22. The van der Waals surface area contributed by atoms with Crippen LogP contribution in [0.3, 0.4) is 0 Å². The highest BCUT2D eigenvalue weighted by molar-refractivity contribution is 5.93. The average molecular weight is 372 g/mol. The predicted molar refractivity (Wildman–Crippen MR) is 108 cm³/mol. The monoisotopic (exact) mass is 372 g/mol. The van der Waals surface area contributed by atoms with Gasteiger partial charge in [-0.2, -0.15) is 0 Å². The minimum Gasteiger partial charge on any atom is -0.352 e. The molecule has 0 atom stereocenters. The molecule has 0 radical (unpaired) electrons. The van der Waals surface area contributed by atoms with E-state index < -0.39 is 0 Å². The summed E-state index contributed by atoms with van der Waals surface area (Å²) >= 11 is 0. The number of para-hydroxylation sites is 1. The molecule has 4 rings (SSSR count). The summed E-state index contributed by atoms with van der Waals surface area (Å²) in [4.78, 5) is 20.8. The lowest BCUT2D eigenvalue weighted by Gasteiger charge is -2.10. The van der Waals surface area contributed by atoms with Crippen LogP contribution in [0.5, 0.6) is 0 Å². The number of carbonyl (C=O) groups is 1. The highest BCUT2D eigenvalue weighted by Crippen LogP contribution is 2.24. The van der Waals surface area contributed by atoms with Crippen molar-refractivity contribution in [1.29, 1.82) is 0 Å². The molecule has 0 fully saturated rings. The molecule has 0 aliphatic rings. The van der Waals surface area contributed by atoms with Crippen molar-refractivity contribution in [2.75, 3.05) is 10.6 Å². The molecule has 138 valence electrons. The number of benzene rings is 2. The van der Waals surface area contributed by atoms with Crippen molar-refractivity contribution in [3.05, 3.63) is 90.5 Å². The normalized spacial score (nSPS) is 10.6. The lowest BCUT2D eigenvalue weighted by atomic mass is 10.1. The Kier molecular flexibility index (Phi) is 4.93. The molecule has 6 heteroatoms. The molecule has 2 heterocycles. The standard InChI is InChI=1S/C22H17FN4O/c23-17-8-6-15(7-9-17)13-21(28)27-20-11-10-18(14-25-20)26-19-5-1-3-16-4-2-12-24-22(16)19/h1-12,14,26H,13H2,(H,25,27,28). The van der Waals surface area contributed by atoms with Gasteiger partial charge in [0.15, 0.2) is 0 Å². The van der Waals surface area contributed by atoms with Gasteiger partial charge in [-0.3, -0.25) is 9.78 Å². The number of pyridine rings is 2. The molecule has 2 N–H and O–H groups in total. The van der Waals surface area contributed by atoms with Crippen LogP contribution < -0.4 is 10.6 Å². The molecular formula is C22H17FN4O. The average Bonchev–Trinajstić information content (AvgIpc) is 2.71. The van der Waals surface area contributed by atoms with E-state index in [4.69, 9.17) is 0 Å². The number of hydrogen-bond donors (Lipinski definition) is 2. The first kappa shape index (κ1) is 17.6. The zero-order valence-electron chi connectivity index (χ0n) is 14.9. The fourth-order valence-electron chi connectivity index (χ4n) is 2.88. The lowest BCUT2D eigenvalue weighted by Crippen LogP contribution is -2.15. The predicted octanol–water partition coefficient (Wildman–Crippen LogP) is 4.69. The van der Waals surface area contributed by atoms with Gasteiger partial charge < -0.3 is 10.6 Å². The quantitative estimate of drug-likeness (QED) is 0.533. The van der Waals surface area contributed by atoms with E-state index in [-0.39, 0.29) is 18.1 Å². The Bertz CT molecular complexity index is 1110. The van der Waals surface area contributed by atoms with Gasteiger partial charge in [-0.15, -0.1) is 0 Å². The minimum absolute atomic E-state index is 0.156. The summed E-state index contributed by atoms with van der Waals surface area (Å²) in [6.07, 6.45) is 3.56. The maximum atomic E-state index is 12.9. The number of aromatic nitrogens is 2. The number of halogens is 1. The summed E-state index contributed by atoms with van der Waals surface area (Å²) in [7, 11) is 0. The smallest absolute Gasteiger partial charge is 0.229 e. The molecule has 2 aromatic heterocycles. The minimum atomic E-state index is -0.324. The Labute approximate surface area is 161 Å². The first-order chi connectivity index (χ1) is 13.7. The first-order valence-corrected chi connectivity index (χ1v) is 8.78. The van der Waals surface area contributed by atoms with E-state index in [1.165, 1.54) is 12.1 Å². The molecule has 5 nitrogen and oxygen atoms in total. The van der Waals surface area contributed by atoms with Crippen LogP contribution in [0, 0.1) is 5.82 Å². The molecule has 0 saturated carbocycles. The van der Waals surface area contributed by atoms with Crippen LogP contribution in [0.15, 0.2) is 79.1 Å². The van der Waals surface area contributed by atoms with Crippen molar-refractivity contribution in [1.82, 2.24) is 9.97 Å². The second-order valence-corrected chi connectivity index (χ2v) is 6.29. The van der Waals surface area contributed by atoms with Crippen LogP contribution >= 0.6 is 0 Å². The van der Waals surface area contributed by atoms with Crippen molar-refractivity contribution in [2.24, 2.45) is 0 Å². The highest BCUT2D eigenvalue weighted by atomic mass is 19.1. The third kappa shape index (κ3) is 4.12. The fourth-order valence-corrected chi connectivity index (χ4v) is 2.88. The van der Waals surface area contributed by atoms with Gasteiger partial charge in [-0.1, -0.05) is 30.3 Å². The summed E-state index contributed by atoms with van der Waals surface area (Å²) in [5.41, 5.74) is 3.28. The summed E-state index contributed by atoms with van der Waals surface area (Å²) in [5.74, 6) is -0.0814. The molecular weight excluding hydrogens is 355 g/mol. The molecule has 0 bridgehead atoms. The summed E-state index contributed by atoms with van der Waals surface area (Å²) in [6.45, 7) is 0. The van der Waals surface area contributed by atoms with E-state index in [0.717, 1.165) is 27.8 Å². The number of rotatable bonds is 5. The zero-order valence-corrected chi connectivity index (χ0v) is 14.9. The molecule has 4 aromatic rings. The molecule has 1 amide bonds. The van der Waals surface area contributed by atoms with Gasteiger partial charge in [-0.25, -0.2) is 9.37 Å². The van der Waals surface area contributed by atoms with Crippen molar-refractivity contribution >= 4 is 34.0 Å². The highest BCUT2D eigenvalue weighted by Gasteiger charge is 2.06. The van der Waals surface area contributed by atoms with Gasteiger partial charge in [0.2, 0.25) is 5.91 Å². The van der Waals surface area contributed by atoms with E-state index in [0.29, 0.717) is 5.82 Å². The lowest BCUT2D eigenvalue weighted by molar-refractivity contribution is -0.115. The maximum absolute atomic E-state index is 12.9. The summed E-state index contributed by atoms with van der Waals surface area (Å²) in [6, 6.07) is 19.2. The van der Waals surface area contributed by atoms with E-state index in [1.807, 2.05) is 36.4 Å². The largest absolute Gasteiger partial charge is 0.352 e. The van der Waals surface area contributed by atoms with Gasteiger partial charge in [0.25, 0.3) is 0 Å². The summed E-state index contributed by atoms with van der Waals surface area (Å²) in [5, 5.41) is 7.09. The van der Waals surface area contributed by atoms with Gasteiger partial charge in [0, 0.05) is 11.6 Å². The van der Waals surface area contributed by atoms with Crippen LogP contribution in [-0.4, -0.2) is 15.9 Å². The number of fused-ring (bicyclic) bond motifs is 1. The van der Waals surface area contributed by atoms with Gasteiger partial charge in [0.05, 0.1) is 29.5 Å². The van der Waals surface area contributed by atoms with Crippen LogP contribution in [0.2, 0.25) is 0 Å². The Morgan fingerprint density at radius 2 is 1.75 bits per heavy atom. The maximum Gasteiger partial charge on any atom is 0.229 e. The summed E-state index contributed by atoms with van der Waals surface area (Å²) < 4.78 is 12.9. The second-order valence-electron chi connectivity index (χ2n) is 6.29. The Balaban J connectivity index is 1.42. The Morgan fingerprint density at radius 3 is 2.54 bits per heavy atom. The number of nitrogens with one attached hydrogen (secondary N) is 2. The molecule has 2 aromatic carbocycles. The van der Waals surface area contributed by atoms with E-state index in [1.54, 1.807) is 30.6 Å². The van der Waals surface area contributed by atoms with Crippen LogP contribution in [0.1, 0.15) is 5.56 Å². The molecule has 0 saturated heterocycles. The molecule has 28 heavy (non-hydrogen) atoms.